The average Bonchev–Trinajstić information content (AvgIpc) is 3.14. The van der Waals surface area contributed by atoms with E-state index in [-0.39, 0.29) is 41.0 Å². The molecule has 8 heteroatoms. The van der Waals surface area contributed by atoms with E-state index in [1.165, 1.54) is 23.8 Å². The third kappa shape index (κ3) is 9.48. The molecule has 2 aliphatic carbocycles. The smallest absolute Gasteiger partial charge is 0.354 e. The van der Waals surface area contributed by atoms with Crippen LogP contribution in [0.3, 0.4) is 0 Å². The third-order valence-electron chi connectivity index (χ3n) is 10.4. The Balaban J connectivity index is 1.14. The topological polar surface area (TPSA) is 79.7 Å². The molecule has 270 valence electrons. The van der Waals surface area contributed by atoms with E-state index in [4.69, 9.17) is 4.74 Å². The SMILES string of the molecule is CC(=O)c1ccc(CCN(CCc2cc(F)ccc2OCC2C=CC(CCc3ccc(F)cc3)=CC2C)C2CCCc3nc(C(=O)O)ccc32)cc1. The molecule has 3 aromatic carbocycles. The van der Waals surface area contributed by atoms with E-state index in [1.807, 2.05) is 42.5 Å². The fourth-order valence-corrected chi connectivity index (χ4v) is 7.32. The molecule has 3 unspecified atom stereocenters. The van der Waals surface area contributed by atoms with Gasteiger partial charge in [0.05, 0.1) is 6.61 Å². The highest BCUT2D eigenvalue weighted by Crippen LogP contribution is 2.35. The highest BCUT2D eigenvalue weighted by molar-refractivity contribution is 5.94. The van der Waals surface area contributed by atoms with Gasteiger partial charge >= 0.3 is 5.97 Å². The van der Waals surface area contributed by atoms with Crippen LogP contribution >= 0.6 is 0 Å². The summed E-state index contributed by atoms with van der Waals surface area (Å²) in [4.78, 5) is 30.4. The van der Waals surface area contributed by atoms with Gasteiger partial charge < -0.3 is 9.84 Å². The zero-order valence-corrected chi connectivity index (χ0v) is 29.9. The van der Waals surface area contributed by atoms with Crippen LogP contribution in [-0.2, 0) is 25.7 Å². The number of allylic oxidation sites excluding steroid dienone is 3. The number of ether oxygens (including phenoxy) is 1. The summed E-state index contributed by atoms with van der Waals surface area (Å²) in [7, 11) is 0. The largest absolute Gasteiger partial charge is 0.493 e. The van der Waals surface area contributed by atoms with Crippen LogP contribution in [0, 0.1) is 23.5 Å². The summed E-state index contributed by atoms with van der Waals surface area (Å²) in [5.41, 5.74) is 6.87. The first-order valence-electron chi connectivity index (χ1n) is 18.2. The number of aryl methyl sites for hydroxylation is 2. The summed E-state index contributed by atoms with van der Waals surface area (Å²) < 4.78 is 34.4. The van der Waals surface area contributed by atoms with Crippen LogP contribution in [0.1, 0.15) is 87.9 Å². The number of carbonyl (C=O) groups is 2. The van der Waals surface area contributed by atoms with E-state index in [0.717, 1.165) is 73.0 Å². The first-order chi connectivity index (χ1) is 25.1. The molecular formula is C44H46F2N2O4. The minimum atomic E-state index is -1.04. The van der Waals surface area contributed by atoms with Crippen molar-refractivity contribution in [2.75, 3.05) is 19.7 Å². The number of Topliss-reactive ketones (excluding diaryl/α,β-unsaturated/α-hetero) is 1. The molecule has 4 aromatic rings. The Labute approximate surface area is 304 Å². The van der Waals surface area contributed by atoms with Gasteiger partial charge in [0.2, 0.25) is 0 Å². The highest BCUT2D eigenvalue weighted by Gasteiger charge is 2.28. The van der Waals surface area contributed by atoms with E-state index in [9.17, 15) is 23.5 Å². The second kappa shape index (κ2) is 17.0. The Bertz CT molecular complexity index is 1940. The van der Waals surface area contributed by atoms with Gasteiger partial charge in [0, 0.05) is 36.3 Å². The quantitative estimate of drug-likeness (QED) is 0.124. The number of fused-ring (bicyclic) bond motifs is 1. The maximum Gasteiger partial charge on any atom is 0.354 e. The Hall–Kier alpha value is -4.95. The number of halogens is 2. The van der Waals surface area contributed by atoms with E-state index in [2.05, 4.69) is 35.0 Å². The number of ketones is 1. The lowest BCUT2D eigenvalue weighted by atomic mass is 9.86. The molecule has 0 bridgehead atoms. The minimum absolute atomic E-state index is 0.0297. The summed E-state index contributed by atoms with van der Waals surface area (Å²) in [5.74, 6) is -0.443. The van der Waals surface area contributed by atoms with Crippen molar-refractivity contribution in [2.45, 2.75) is 64.8 Å². The van der Waals surface area contributed by atoms with Crippen molar-refractivity contribution in [3.05, 3.63) is 154 Å². The summed E-state index contributed by atoms with van der Waals surface area (Å²) >= 11 is 0. The van der Waals surface area contributed by atoms with Gasteiger partial charge in [-0.15, -0.1) is 0 Å². The summed E-state index contributed by atoms with van der Waals surface area (Å²) in [6.07, 6.45) is 12.2. The highest BCUT2D eigenvalue weighted by atomic mass is 19.1. The molecule has 0 aliphatic heterocycles. The molecule has 0 fully saturated rings. The van der Waals surface area contributed by atoms with Crippen molar-refractivity contribution in [2.24, 2.45) is 11.8 Å². The average molecular weight is 705 g/mol. The standard InChI is InChI=1S/C44H46F2N2O4/c1-29-26-33(7-6-31-11-16-37(45)17-12-31)10-15-36(29)28-52-43-21-18-38(46)27-35(43)23-25-48(24-22-32-8-13-34(14-9-32)30(2)49)42-5-3-4-40-39(42)19-20-41(47-40)44(50)51/h8-21,26-27,29,36,42H,3-7,22-25,28H2,1-2H3,(H,50,51). The van der Waals surface area contributed by atoms with Crippen LogP contribution in [0.5, 0.6) is 5.75 Å². The van der Waals surface area contributed by atoms with Crippen molar-refractivity contribution in [1.29, 1.82) is 0 Å². The molecule has 52 heavy (non-hydrogen) atoms. The monoisotopic (exact) mass is 704 g/mol. The predicted octanol–water partition coefficient (Wildman–Crippen LogP) is 9.19. The normalized spacial score (nSPS) is 18.2. The van der Waals surface area contributed by atoms with Crippen molar-refractivity contribution in [3.63, 3.8) is 0 Å². The van der Waals surface area contributed by atoms with E-state index >= 15 is 0 Å². The van der Waals surface area contributed by atoms with Crippen molar-refractivity contribution >= 4 is 11.8 Å². The molecule has 0 saturated carbocycles. The van der Waals surface area contributed by atoms with Gasteiger partial charge in [-0.05, 0) is 116 Å². The number of nitrogens with zero attached hydrogens (tertiary/aromatic N) is 2. The number of carbonyl (C=O) groups excluding carboxylic acids is 1. The molecule has 0 saturated heterocycles. The molecule has 0 spiro atoms. The van der Waals surface area contributed by atoms with E-state index in [1.54, 1.807) is 25.1 Å². The molecule has 6 nitrogen and oxygen atoms in total. The van der Waals surface area contributed by atoms with Crippen LogP contribution in [-0.4, -0.2) is 46.4 Å². The maximum absolute atomic E-state index is 14.7. The maximum atomic E-state index is 14.7. The first kappa shape index (κ1) is 36.8. The number of aromatic nitrogens is 1. The van der Waals surface area contributed by atoms with Crippen LogP contribution in [0.15, 0.2) is 103 Å². The minimum Gasteiger partial charge on any atom is -0.493 e. The number of carboxylic acids is 1. The molecule has 0 amide bonds. The van der Waals surface area contributed by atoms with Gasteiger partial charge in [-0.2, -0.15) is 0 Å². The molecule has 2 aliphatic rings. The van der Waals surface area contributed by atoms with Gasteiger partial charge in [0.1, 0.15) is 23.1 Å². The number of hydrogen-bond donors (Lipinski definition) is 1. The van der Waals surface area contributed by atoms with Crippen LogP contribution in [0.2, 0.25) is 0 Å². The lowest BCUT2D eigenvalue weighted by Crippen LogP contribution is -2.35. The molecule has 1 aromatic heterocycles. The lowest BCUT2D eigenvalue weighted by Gasteiger charge is -2.36. The van der Waals surface area contributed by atoms with E-state index in [0.29, 0.717) is 30.9 Å². The zero-order chi connectivity index (χ0) is 36.6. The van der Waals surface area contributed by atoms with Crippen molar-refractivity contribution in [1.82, 2.24) is 9.88 Å². The molecule has 3 atom stereocenters. The number of pyridine rings is 1. The number of carboxylic acid groups (broad SMARTS) is 1. The lowest BCUT2D eigenvalue weighted by molar-refractivity contribution is 0.0689. The van der Waals surface area contributed by atoms with Crippen molar-refractivity contribution < 1.29 is 28.2 Å². The summed E-state index contributed by atoms with van der Waals surface area (Å²) in [6, 6.07) is 22.6. The zero-order valence-electron chi connectivity index (χ0n) is 29.9. The fraction of sp³-hybridized carbons (Fsp3) is 0.341. The Morgan fingerprint density at radius 2 is 1.60 bits per heavy atom. The molecule has 1 N–H and O–H groups in total. The van der Waals surface area contributed by atoms with Crippen molar-refractivity contribution in [3.8, 4) is 5.75 Å². The Morgan fingerprint density at radius 3 is 2.33 bits per heavy atom. The predicted molar refractivity (Wildman–Crippen MR) is 199 cm³/mol. The Kier molecular flexibility index (Phi) is 12.1. The number of benzene rings is 3. The fourth-order valence-electron chi connectivity index (χ4n) is 7.32. The third-order valence-corrected chi connectivity index (χ3v) is 10.4. The number of aromatic carboxylic acids is 1. The molecular weight excluding hydrogens is 658 g/mol. The van der Waals surface area contributed by atoms with Gasteiger partial charge in [0.15, 0.2) is 5.78 Å². The molecule has 6 rings (SSSR count). The number of hydrogen-bond acceptors (Lipinski definition) is 5. The van der Waals surface area contributed by atoms with Crippen LogP contribution in [0.25, 0.3) is 0 Å². The summed E-state index contributed by atoms with van der Waals surface area (Å²) in [5, 5.41) is 9.55. The van der Waals surface area contributed by atoms with Gasteiger partial charge in [0.25, 0.3) is 0 Å². The second-order valence-electron chi connectivity index (χ2n) is 14.0. The number of rotatable bonds is 15. The molecule has 0 radical (unpaired) electrons. The van der Waals surface area contributed by atoms with Gasteiger partial charge in [-0.1, -0.05) is 73.2 Å². The molecule has 1 heterocycles. The van der Waals surface area contributed by atoms with Gasteiger partial charge in [-0.3, -0.25) is 9.69 Å². The van der Waals surface area contributed by atoms with Gasteiger partial charge in [-0.25, -0.2) is 18.6 Å². The van der Waals surface area contributed by atoms with Crippen LogP contribution in [0.4, 0.5) is 8.78 Å². The van der Waals surface area contributed by atoms with Crippen LogP contribution < -0.4 is 4.74 Å². The van der Waals surface area contributed by atoms with E-state index < -0.39 is 5.97 Å². The summed E-state index contributed by atoms with van der Waals surface area (Å²) in [6.45, 7) is 5.56. The first-order valence-corrected chi connectivity index (χ1v) is 18.2. The second-order valence-corrected chi connectivity index (χ2v) is 14.0. The Morgan fingerprint density at radius 1 is 0.885 bits per heavy atom.